The molecule has 2 aromatic heterocycles. The van der Waals surface area contributed by atoms with E-state index >= 15 is 0 Å². The highest BCUT2D eigenvalue weighted by molar-refractivity contribution is 8.01. The Labute approximate surface area is 169 Å². The van der Waals surface area contributed by atoms with Crippen LogP contribution in [0.15, 0.2) is 50.3 Å². The number of thiazole rings is 1. The van der Waals surface area contributed by atoms with Gasteiger partial charge >= 0.3 is 0 Å². The number of carbonyl (C=O) groups is 1. The number of nitro benzene ring substituents is 1. The van der Waals surface area contributed by atoms with Gasteiger partial charge in [0, 0.05) is 34.1 Å². The summed E-state index contributed by atoms with van der Waals surface area (Å²) < 4.78 is 0.738. The van der Waals surface area contributed by atoms with Gasteiger partial charge in [0.2, 0.25) is 0 Å². The molecule has 3 aromatic rings. The largest absolute Gasteiger partial charge is 0.334 e. The maximum Gasteiger partial charge on any atom is 0.284 e. The van der Waals surface area contributed by atoms with Gasteiger partial charge in [0.25, 0.3) is 11.6 Å². The van der Waals surface area contributed by atoms with Crippen molar-refractivity contribution in [3.05, 3.63) is 67.3 Å². The van der Waals surface area contributed by atoms with Crippen LogP contribution in [0, 0.1) is 17.0 Å². The predicted molar refractivity (Wildman–Crippen MR) is 109 cm³/mol. The number of nitrogens with zero attached hydrogens (tertiary/aromatic N) is 3. The summed E-state index contributed by atoms with van der Waals surface area (Å²) in [6, 6.07) is 8.55. The zero-order valence-electron chi connectivity index (χ0n) is 14.7. The molecule has 0 aliphatic heterocycles. The number of thiophene rings is 1. The number of carbonyl (C=O) groups excluding carboxylic acids is 1. The summed E-state index contributed by atoms with van der Waals surface area (Å²) in [5.74, 6) is -0.212. The lowest BCUT2D eigenvalue weighted by Gasteiger charge is -2.20. The summed E-state index contributed by atoms with van der Waals surface area (Å²) >= 11 is 4.27. The molecule has 9 heteroatoms. The zero-order valence-corrected chi connectivity index (χ0v) is 17.2. The fourth-order valence-electron chi connectivity index (χ4n) is 2.45. The first-order valence-corrected chi connectivity index (χ1v) is 10.8. The minimum Gasteiger partial charge on any atom is -0.334 e. The molecule has 6 nitrogen and oxygen atoms in total. The molecule has 0 aliphatic carbocycles. The Bertz CT molecular complexity index is 954. The van der Waals surface area contributed by atoms with Crippen molar-refractivity contribution in [2.45, 2.75) is 29.6 Å². The van der Waals surface area contributed by atoms with Crippen molar-refractivity contribution in [3.63, 3.8) is 0 Å². The number of hydrogen-bond donors (Lipinski definition) is 0. The molecule has 0 saturated carbocycles. The topological polar surface area (TPSA) is 76.3 Å². The van der Waals surface area contributed by atoms with Crippen LogP contribution in [0.5, 0.6) is 0 Å². The Hall–Kier alpha value is -2.23. The molecule has 0 N–H and O–H groups in total. The maximum absolute atomic E-state index is 12.8. The Morgan fingerprint density at radius 1 is 1.33 bits per heavy atom. The third-order valence-corrected chi connectivity index (χ3v) is 6.78. The van der Waals surface area contributed by atoms with Crippen LogP contribution in [0.25, 0.3) is 0 Å². The van der Waals surface area contributed by atoms with Crippen molar-refractivity contribution in [1.82, 2.24) is 9.88 Å². The highest BCUT2D eigenvalue weighted by Gasteiger charge is 2.22. The van der Waals surface area contributed by atoms with Gasteiger partial charge in [0.1, 0.15) is 0 Å². The SMILES string of the molecule is CCN(Cc1cccs1)C(=O)c1ccc(Sc2nc(C)cs2)c([N+](=O)[O-])c1. The van der Waals surface area contributed by atoms with Crippen LogP contribution >= 0.6 is 34.4 Å². The standard InChI is InChI=1S/C18H17N3O3S3/c1-3-20(10-14-5-4-8-25-14)17(22)13-6-7-16(15(9-13)21(23)24)27-18-19-12(2)11-26-18/h4-9,11H,3,10H2,1-2H3. The summed E-state index contributed by atoms with van der Waals surface area (Å²) in [5.41, 5.74) is 1.12. The first-order chi connectivity index (χ1) is 13.0. The van der Waals surface area contributed by atoms with E-state index in [2.05, 4.69) is 4.98 Å². The first kappa shape index (κ1) is 19.5. The average molecular weight is 420 g/mol. The third-order valence-electron chi connectivity index (χ3n) is 3.79. The van der Waals surface area contributed by atoms with Crippen molar-refractivity contribution in [1.29, 1.82) is 0 Å². The second-order valence-electron chi connectivity index (χ2n) is 5.70. The summed E-state index contributed by atoms with van der Waals surface area (Å²) in [6.45, 7) is 4.80. The Balaban J connectivity index is 1.85. The van der Waals surface area contributed by atoms with Gasteiger partial charge in [-0.15, -0.1) is 22.7 Å². The van der Waals surface area contributed by atoms with E-state index in [0.717, 1.165) is 14.9 Å². The highest BCUT2D eigenvalue weighted by atomic mass is 32.2. The molecule has 0 radical (unpaired) electrons. The molecule has 3 rings (SSSR count). The third kappa shape index (κ3) is 4.74. The molecule has 0 unspecified atom stereocenters. The van der Waals surface area contributed by atoms with Crippen molar-refractivity contribution in [2.75, 3.05) is 6.54 Å². The number of benzene rings is 1. The lowest BCUT2D eigenvalue weighted by atomic mass is 10.1. The van der Waals surface area contributed by atoms with Crippen LogP contribution in [0.1, 0.15) is 27.9 Å². The number of rotatable bonds is 7. The maximum atomic E-state index is 12.8. The van der Waals surface area contributed by atoms with Gasteiger partial charge in [-0.25, -0.2) is 4.98 Å². The predicted octanol–water partition coefficient (Wildman–Crippen LogP) is 5.23. The van der Waals surface area contributed by atoms with Gasteiger partial charge in [0.05, 0.1) is 16.4 Å². The van der Waals surface area contributed by atoms with Gasteiger partial charge in [-0.05, 0) is 37.4 Å². The number of nitro groups is 1. The number of hydrogen-bond acceptors (Lipinski definition) is 7. The Morgan fingerprint density at radius 3 is 2.74 bits per heavy atom. The van der Waals surface area contributed by atoms with Crippen molar-refractivity contribution in [3.8, 4) is 0 Å². The lowest BCUT2D eigenvalue weighted by Crippen LogP contribution is -2.30. The molecule has 0 fully saturated rings. The van der Waals surface area contributed by atoms with E-state index in [1.165, 1.54) is 29.2 Å². The van der Waals surface area contributed by atoms with Crippen molar-refractivity contribution < 1.29 is 9.72 Å². The highest BCUT2D eigenvalue weighted by Crippen LogP contribution is 2.37. The molecule has 1 amide bonds. The molecule has 0 aliphatic rings. The molecule has 27 heavy (non-hydrogen) atoms. The molecule has 0 spiro atoms. The fraction of sp³-hybridized carbons (Fsp3) is 0.222. The molecule has 1 aromatic carbocycles. The second-order valence-corrected chi connectivity index (χ2v) is 8.87. The van der Waals surface area contributed by atoms with Gasteiger partial charge < -0.3 is 4.90 Å². The van der Waals surface area contributed by atoms with E-state index in [1.807, 2.05) is 36.7 Å². The minimum absolute atomic E-state index is 0.0779. The summed E-state index contributed by atoms with van der Waals surface area (Å²) in [6.07, 6.45) is 0. The normalized spacial score (nSPS) is 10.7. The van der Waals surface area contributed by atoms with Crippen LogP contribution in [0.3, 0.4) is 0 Å². The van der Waals surface area contributed by atoms with Crippen LogP contribution in [-0.4, -0.2) is 27.3 Å². The van der Waals surface area contributed by atoms with Crippen LogP contribution in [-0.2, 0) is 6.54 Å². The van der Waals surface area contributed by atoms with E-state index in [1.54, 1.807) is 28.4 Å². The monoisotopic (exact) mass is 419 g/mol. The summed E-state index contributed by atoms with van der Waals surface area (Å²) in [5, 5.41) is 15.4. The number of aromatic nitrogens is 1. The van der Waals surface area contributed by atoms with Gasteiger partial charge in [0.15, 0.2) is 4.34 Å². The first-order valence-electron chi connectivity index (χ1n) is 8.18. The lowest BCUT2D eigenvalue weighted by molar-refractivity contribution is -0.387. The van der Waals surface area contributed by atoms with E-state index in [0.29, 0.717) is 23.5 Å². The molecule has 2 heterocycles. The van der Waals surface area contributed by atoms with Crippen LogP contribution in [0.4, 0.5) is 5.69 Å². The Kier molecular flexibility index (Phi) is 6.25. The van der Waals surface area contributed by atoms with Gasteiger partial charge in [-0.2, -0.15) is 0 Å². The number of amides is 1. The smallest absolute Gasteiger partial charge is 0.284 e. The molecule has 0 atom stereocenters. The second kappa shape index (κ2) is 8.64. The van der Waals surface area contributed by atoms with Gasteiger partial charge in [-0.1, -0.05) is 17.8 Å². The van der Waals surface area contributed by atoms with Gasteiger partial charge in [-0.3, -0.25) is 14.9 Å². The average Bonchev–Trinajstić information content (AvgIpc) is 3.31. The molecule has 0 saturated heterocycles. The molecule has 0 bridgehead atoms. The van der Waals surface area contributed by atoms with E-state index < -0.39 is 4.92 Å². The van der Waals surface area contributed by atoms with E-state index in [9.17, 15) is 14.9 Å². The quantitative estimate of drug-likeness (QED) is 0.387. The summed E-state index contributed by atoms with van der Waals surface area (Å²) in [7, 11) is 0. The molecular weight excluding hydrogens is 402 g/mol. The van der Waals surface area contributed by atoms with Crippen LogP contribution < -0.4 is 0 Å². The Morgan fingerprint density at radius 2 is 2.15 bits per heavy atom. The van der Waals surface area contributed by atoms with Crippen molar-refractivity contribution >= 4 is 46.0 Å². The van der Waals surface area contributed by atoms with E-state index in [4.69, 9.17) is 0 Å². The van der Waals surface area contributed by atoms with Crippen LogP contribution in [0.2, 0.25) is 0 Å². The number of aryl methyl sites for hydroxylation is 1. The molecular formula is C18H17N3O3S3. The van der Waals surface area contributed by atoms with Crippen molar-refractivity contribution in [2.24, 2.45) is 0 Å². The zero-order chi connectivity index (χ0) is 19.4. The molecule has 140 valence electrons. The minimum atomic E-state index is -0.449. The fourth-order valence-corrected chi connectivity index (χ4v) is 5.05. The summed E-state index contributed by atoms with van der Waals surface area (Å²) in [4.78, 5) is 31.5. The van der Waals surface area contributed by atoms with E-state index in [-0.39, 0.29) is 11.6 Å².